The van der Waals surface area contributed by atoms with Gasteiger partial charge in [-0.2, -0.15) is 4.37 Å². The molecule has 0 aliphatic heterocycles. The summed E-state index contributed by atoms with van der Waals surface area (Å²) < 4.78 is 4.45. The quantitative estimate of drug-likeness (QED) is 0.813. The van der Waals surface area contributed by atoms with Crippen LogP contribution >= 0.6 is 11.5 Å². The summed E-state index contributed by atoms with van der Waals surface area (Å²) in [5.74, 6) is 2.08. The Balaban J connectivity index is 2.81. The van der Waals surface area contributed by atoms with Crippen LogP contribution in [0.2, 0.25) is 0 Å². The molecule has 17 heavy (non-hydrogen) atoms. The first-order valence-corrected chi connectivity index (χ1v) is 7.43. The maximum Gasteiger partial charge on any atom is 0.142 e. The van der Waals surface area contributed by atoms with E-state index < -0.39 is 0 Å². The van der Waals surface area contributed by atoms with Crippen molar-refractivity contribution in [3.05, 3.63) is 10.8 Å². The number of rotatable bonds is 7. The molecular formula is C13H25N3S. The first-order valence-electron chi connectivity index (χ1n) is 6.65. The second kappa shape index (κ2) is 7.07. The molecule has 0 saturated heterocycles. The summed E-state index contributed by atoms with van der Waals surface area (Å²) in [4.78, 5) is 4.69. The highest BCUT2D eigenvalue weighted by atomic mass is 32.1. The molecule has 1 aromatic heterocycles. The zero-order valence-corrected chi connectivity index (χ0v) is 12.5. The van der Waals surface area contributed by atoms with Crippen LogP contribution in [0.5, 0.6) is 0 Å². The third-order valence-corrected chi connectivity index (χ3v) is 3.88. The molecule has 0 fully saturated rings. The molecule has 3 nitrogen and oxygen atoms in total. The summed E-state index contributed by atoms with van der Waals surface area (Å²) in [7, 11) is 0. The van der Waals surface area contributed by atoms with Crippen LogP contribution in [-0.2, 0) is 6.42 Å². The van der Waals surface area contributed by atoms with E-state index in [4.69, 9.17) is 4.98 Å². The van der Waals surface area contributed by atoms with Crippen molar-refractivity contribution in [3.8, 4) is 0 Å². The Morgan fingerprint density at radius 3 is 2.47 bits per heavy atom. The average molecular weight is 255 g/mol. The molecule has 0 bridgehead atoms. The van der Waals surface area contributed by atoms with Gasteiger partial charge in [-0.3, -0.25) is 0 Å². The number of hydrogen-bond donors (Lipinski definition) is 1. The first kappa shape index (κ1) is 14.6. The number of aryl methyl sites for hydroxylation is 1. The van der Waals surface area contributed by atoms with Crippen LogP contribution in [0, 0.1) is 5.92 Å². The topological polar surface area (TPSA) is 37.8 Å². The van der Waals surface area contributed by atoms with Crippen molar-refractivity contribution in [2.45, 2.75) is 59.4 Å². The molecule has 4 heteroatoms. The Bertz CT molecular complexity index is 322. The minimum absolute atomic E-state index is 0.461. The van der Waals surface area contributed by atoms with E-state index in [1.807, 2.05) is 0 Å². The maximum absolute atomic E-state index is 4.69. The smallest absolute Gasteiger partial charge is 0.142 e. The van der Waals surface area contributed by atoms with E-state index in [-0.39, 0.29) is 0 Å². The molecule has 1 rings (SSSR count). The van der Waals surface area contributed by atoms with Crippen LogP contribution in [0.1, 0.15) is 57.8 Å². The van der Waals surface area contributed by atoms with Crippen molar-refractivity contribution in [2.24, 2.45) is 5.92 Å². The van der Waals surface area contributed by atoms with Gasteiger partial charge < -0.3 is 5.32 Å². The lowest BCUT2D eigenvalue weighted by Gasteiger charge is -2.25. The van der Waals surface area contributed by atoms with E-state index in [9.17, 15) is 0 Å². The lowest BCUT2D eigenvalue weighted by Crippen LogP contribution is -2.34. The summed E-state index contributed by atoms with van der Waals surface area (Å²) in [6.07, 6.45) is 2.11. The van der Waals surface area contributed by atoms with Gasteiger partial charge in [-0.15, -0.1) is 0 Å². The molecule has 1 heterocycles. The largest absolute Gasteiger partial charge is 0.314 e. The van der Waals surface area contributed by atoms with E-state index in [0.717, 1.165) is 25.2 Å². The molecule has 0 spiro atoms. The van der Waals surface area contributed by atoms with Gasteiger partial charge in [-0.25, -0.2) is 4.98 Å². The van der Waals surface area contributed by atoms with Gasteiger partial charge in [-0.05, 0) is 37.3 Å². The van der Waals surface area contributed by atoms with E-state index in [1.54, 1.807) is 11.5 Å². The third kappa shape index (κ3) is 4.03. The highest BCUT2D eigenvalue weighted by Crippen LogP contribution is 2.29. The zero-order valence-electron chi connectivity index (χ0n) is 11.7. The van der Waals surface area contributed by atoms with Gasteiger partial charge in [0.05, 0.1) is 0 Å². The highest BCUT2D eigenvalue weighted by Gasteiger charge is 2.25. The van der Waals surface area contributed by atoms with Gasteiger partial charge in [-0.1, -0.05) is 27.7 Å². The van der Waals surface area contributed by atoms with E-state index in [1.165, 1.54) is 5.01 Å². The maximum atomic E-state index is 4.69. The highest BCUT2D eigenvalue weighted by molar-refractivity contribution is 7.05. The Labute approximate surface area is 109 Å². The molecule has 0 saturated carbocycles. The van der Waals surface area contributed by atoms with Crippen molar-refractivity contribution in [3.63, 3.8) is 0 Å². The minimum atomic E-state index is 0.461. The number of nitrogens with one attached hydrogen (secondary N) is 1. The fourth-order valence-electron chi connectivity index (χ4n) is 2.25. The van der Waals surface area contributed by atoms with Gasteiger partial charge in [0.25, 0.3) is 0 Å². The molecule has 0 aromatic carbocycles. The van der Waals surface area contributed by atoms with Crippen LogP contribution in [-0.4, -0.2) is 21.9 Å². The molecule has 98 valence electrons. The molecule has 1 N–H and O–H groups in total. The van der Waals surface area contributed by atoms with Crippen molar-refractivity contribution in [2.75, 3.05) is 6.54 Å². The summed E-state index contributed by atoms with van der Waals surface area (Å²) in [5.41, 5.74) is 0. The molecule has 2 unspecified atom stereocenters. The zero-order chi connectivity index (χ0) is 12.8. The molecule has 0 amide bonds. The van der Waals surface area contributed by atoms with E-state index >= 15 is 0 Å². The second-order valence-corrected chi connectivity index (χ2v) is 5.70. The summed E-state index contributed by atoms with van der Waals surface area (Å²) in [5, 5.41) is 4.70. The minimum Gasteiger partial charge on any atom is -0.314 e. The predicted octanol–water partition coefficient (Wildman–Crippen LogP) is 3.23. The van der Waals surface area contributed by atoms with Crippen LogP contribution in [0.3, 0.4) is 0 Å². The predicted molar refractivity (Wildman–Crippen MR) is 74.6 cm³/mol. The molecule has 0 aliphatic rings. The fourth-order valence-corrected chi connectivity index (χ4v) is 3.33. The molecule has 1 aromatic rings. The van der Waals surface area contributed by atoms with Crippen LogP contribution in [0.4, 0.5) is 0 Å². The summed E-state index contributed by atoms with van der Waals surface area (Å²) in [6.45, 7) is 12.1. The van der Waals surface area contributed by atoms with E-state index in [0.29, 0.717) is 17.9 Å². The molecule has 2 atom stereocenters. The van der Waals surface area contributed by atoms with Crippen LogP contribution in [0.25, 0.3) is 0 Å². The van der Waals surface area contributed by atoms with Gasteiger partial charge in [0, 0.05) is 18.4 Å². The van der Waals surface area contributed by atoms with Crippen molar-refractivity contribution in [1.29, 1.82) is 0 Å². The molecule has 0 radical (unpaired) electrons. The lowest BCUT2D eigenvalue weighted by atomic mass is 9.90. The number of likely N-dealkylation sites (N-methyl/N-ethyl adjacent to an activating group) is 1. The lowest BCUT2D eigenvalue weighted by molar-refractivity contribution is 0.381. The second-order valence-electron chi connectivity index (χ2n) is 4.91. The van der Waals surface area contributed by atoms with Crippen molar-refractivity contribution < 1.29 is 0 Å². The Kier molecular flexibility index (Phi) is 6.06. The van der Waals surface area contributed by atoms with Crippen molar-refractivity contribution in [1.82, 2.24) is 14.7 Å². The summed E-state index contributed by atoms with van der Waals surface area (Å²) in [6, 6.07) is 0.461. The fraction of sp³-hybridized carbons (Fsp3) is 0.846. The standard InChI is InChI=1S/C13H25N3S/c1-6-8-11-15-13(17-16-11)12(9(3)4)10(5)14-7-2/h9-10,12,14H,6-8H2,1-5H3. The third-order valence-electron chi connectivity index (χ3n) is 3.03. The van der Waals surface area contributed by atoms with E-state index in [2.05, 4.69) is 44.3 Å². The SMILES string of the molecule is CCCc1nsc(C(C(C)C)C(C)NCC)n1. The van der Waals surface area contributed by atoms with Gasteiger partial charge >= 0.3 is 0 Å². The Hall–Kier alpha value is -0.480. The monoisotopic (exact) mass is 255 g/mol. The molecular weight excluding hydrogens is 230 g/mol. The number of aromatic nitrogens is 2. The normalized spacial score (nSPS) is 15.2. The number of hydrogen-bond acceptors (Lipinski definition) is 4. The van der Waals surface area contributed by atoms with Gasteiger partial charge in [0.2, 0.25) is 0 Å². The summed E-state index contributed by atoms with van der Waals surface area (Å²) >= 11 is 1.58. The van der Waals surface area contributed by atoms with Gasteiger partial charge in [0.1, 0.15) is 10.8 Å². The molecule has 0 aliphatic carbocycles. The van der Waals surface area contributed by atoms with Crippen molar-refractivity contribution >= 4 is 11.5 Å². The number of nitrogens with zero attached hydrogens (tertiary/aromatic N) is 2. The van der Waals surface area contributed by atoms with Crippen LogP contribution in [0.15, 0.2) is 0 Å². The van der Waals surface area contributed by atoms with Crippen LogP contribution < -0.4 is 5.32 Å². The Morgan fingerprint density at radius 2 is 1.94 bits per heavy atom. The Morgan fingerprint density at radius 1 is 1.24 bits per heavy atom. The van der Waals surface area contributed by atoms with Gasteiger partial charge in [0.15, 0.2) is 0 Å². The average Bonchev–Trinajstić information content (AvgIpc) is 2.67. The first-order chi connectivity index (χ1) is 8.10.